The molecule has 0 atom stereocenters. The van der Waals surface area contributed by atoms with Crippen LogP contribution in [-0.4, -0.2) is 55.4 Å². The number of nitrogens with zero attached hydrogens (tertiary/aromatic N) is 1. The SMILES string of the molecule is Nc1cc(C(=O)OCCN2CCOCC2)ccc1O. The molecule has 1 aromatic carbocycles. The zero-order valence-corrected chi connectivity index (χ0v) is 10.7. The molecule has 0 unspecified atom stereocenters. The highest BCUT2D eigenvalue weighted by Crippen LogP contribution is 2.20. The number of carbonyl (C=O) groups excluding carboxylic acids is 1. The molecular weight excluding hydrogens is 248 g/mol. The van der Waals surface area contributed by atoms with Gasteiger partial charge in [-0.2, -0.15) is 0 Å². The molecule has 6 heteroatoms. The van der Waals surface area contributed by atoms with Crippen molar-refractivity contribution < 1.29 is 19.4 Å². The van der Waals surface area contributed by atoms with Gasteiger partial charge in [-0.25, -0.2) is 4.79 Å². The minimum absolute atomic E-state index is 0.0372. The molecule has 0 bridgehead atoms. The number of phenols is 1. The van der Waals surface area contributed by atoms with Crippen LogP contribution in [0.1, 0.15) is 10.4 Å². The Bertz CT molecular complexity index is 444. The van der Waals surface area contributed by atoms with Crippen LogP contribution in [-0.2, 0) is 9.47 Å². The lowest BCUT2D eigenvalue weighted by molar-refractivity contribution is 0.0195. The molecule has 1 aromatic rings. The summed E-state index contributed by atoms with van der Waals surface area (Å²) in [5, 5.41) is 9.28. The van der Waals surface area contributed by atoms with E-state index in [4.69, 9.17) is 15.2 Å². The lowest BCUT2D eigenvalue weighted by Crippen LogP contribution is -2.38. The molecule has 3 N–H and O–H groups in total. The number of benzene rings is 1. The van der Waals surface area contributed by atoms with E-state index >= 15 is 0 Å². The number of phenolic OH excluding ortho intramolecular Hbond substituents is 1. The van der Waals surface area contributed by atoms with Gasteiger partial charge in [0.2, 0.25) is 0 Å². The lowest BCUT2D eigenvalue weighted by atomic mass is 10.2. The van der Waals surface area contributed by atoms with Crippen LogP contribution in [0.4, 0.5) is 5.69 Å². The molecule has 6 nitrogen and oxygen atoms in total. The summed E-state index contributed by atoms with van der Waals surface area (Å²) >= 11 is 0. The molecule has 0 saturated carbocycles. The second kappa shape index (κ2) is 6.40. The number of esters is 1. The molecule has 0 amide bonds. The van der Waals surface area contributed by atoms with Crippen molar-refractivity contribution in [3.63, 3.8) is 0 Å². The smallest absolute Gasteiger partial charge is 0.338 e. The van der Waals surface area contributed by atoms with E-state index in [1.807, 2.05) is 0 Å². The number of rotatable bonds is 4. The first kappa shape index (κ1) is 13.6. The molecule has 0 spiro atoms. The van der Waals surface area contributed by atoms with Crippen LogP contribution in [0.5, 0.6) is 5.75 Å². The number of aromatic hydroxyl groups is 1. The molecule has 1 aliphatic heterocycles. The van der Waals surface area contributed by atoms with E-state index in [1.54, 1.807) is 0 Å². The van der Waals surface area contributed by atoms with Crippen molar-refractivity contribution >= 4 is 11.7 Å². The largest absolute Gasteiger partial charge is 0.506 e. The zero-order chi connectivity index (χ0) is 13.7. The second-order valence-electron chi connectivity index (χ2n) is 4.36. The van der Waals surface area contributed by atoms with Crippen LogP contribution in [0.25, 0.3) is 0 Å². The van der Waals surface area contributed by atoms with Crippen LogP contribution in [0.15, 0.2) is 18.2 Å². The van der Waals surface area contributed by atoms with Gasteiger partial charge in [0.25, 0.3) is 0 Å². The molecule has 0 aromatic heterocycles. The summed E-state index contributed by atoms with van der Waals surface area (Å²) in [6, 6.07) is 4.28. The molecule has 1 aliphatic rings. The van der Waals surface area contributed by atoms with Crippen molar-refractivity contribution in [3.8, 4) is 5.75 Å². The fourth-order valence-electron chi connectivity index (χ4n) is 1.86. The number of hydrogen-bond acceptors (Lipinski definition) is 6. The average Bonchev–Trinajstić information content (AvgIpc) is 2.43. The van der Waals surface area contributed by atoms with Crippen LogP contribution >= 0.6 is 0 Å². The highest BCUT2D eigenvalue weighted by Gasteiger charge is 2.12. The van der Waals surface area contributed by atoms with Crippen LogP contribution < -0.4 is 5.73 Å². The van der Waals surface area contributed by atoms with Crippen LogP contribution in [0, 0.1) is 0 Å². The van der Waals surface area contributed by atoms with Crippen molar-refractivity contribution in [2.75, 3.05) is 45.2 Å². The predicted molar refractivity (Wildman–Crippen MR) is 70.1 cm³/mol. The summed E-state index contributed by atoms with van der Waals surface area (Å²) in [4.78, 5) is 13.9. The Morgan fingerprint density at radius 3 is 2.84 bits per heavy atom. The molecule has 1 fully saturated rings. The Balaban J connectivity index is 1.78. The topological polar surface area (TPSA) is 85.0 Å². The third-order valence-electron chi connectivity index (χ3n) is 3.01. The number of ether oxygens (including phenoxy) is 2. The molecule has 0 radical (unpaired) electrons. The number of anilines is 1. The summed E-state index contributed by atoms with van der Waals surface area (Å²) in [6.45, 7) is 4.21. The van der Waals surface area contributed by atoms with E-state index in [-0.39, 0.29) is 11.4 Å². The average molecular weight is 266 g/mol. The van der Waals surface area contributed by atoms with E-state index in [9.17, 15) is 9.90 Å². The number of morpholine rings is 1. The Morgan fingerprint density at radius 1 is 1.42 bits per heavy atom. The summed E-state index contributed by atoms with van der Waals surface area (Å²) in [5.41, 5.74) is 6.04. The van der Waals surface area contributed by atoms with Crippen molar-refractivity contribution in [1.29, 1.82) is 0 Å². The van der Waals surface area contributed by atoms with Crippen LogP contribution in [0.2, 0.25) is 0 Å². The van der Waals surface area contributed by atoms with Crippen molar-refractivity contribution in [3.05, 3.63) is 23.8 Å². The molecule has 1 saturated heterocycles. The van der Waals surface area contributed by atoms with Gasteiger partial charge in [0.05, 0.1) is 24.5 Å². The van der Waals surface area contributed by atoms with E-state index in [0.29, 0.717) is 18.7 Å². The fraction of sp³-hybridized carbons (Fsp3) is 0.462. The Kier molecular flexibility index (Phi) is 4.59. The van der Waals surface area contributed by atoms with E-state index < -0.39 is 5.97 Å². The minimum atomic E-state index is -0.431. The van der Waals surface area contributed by atoms with E-state index in [0.717, 1.165) is 26.3 Å². The molecule has 0 aliphatic carbocycles. The highest BCUT2D eigenvalue weighted by molar-refractivity contribution is 5.90. The highest BCUT2D eigenvalue weighted by atomic mass is 16.5. The number of hydrogen-bond donors (Lipinski definition) is 2. The summed E-state index contributed by atoms with van der Waals surface area (Å²) in [7, 11) is 0. The zero-order valence-electron chi connectivity index (χ0n) is 10.7. The van der Waals surface area contributed by atoms with Gasteiger partial charge in [0.1, 0.15) is 12.4 Å². The monoisotopic (exact) mass is 266 g/mol. The fourth-order valence-corrected chi connectivity index (χ4v) is 1.86. The maximum Gasteiger partial charge on any atom is 0.338 e. The van der Waals surface area contributed by atoms with E-state index in [2.05, 4.69) is 4.90 Å². The number of nitrogen functional groups attached to an aromatic ring is 1. The summed E-state index contributed by atoms with van der Waals surface area (Å²) < 4.78 is 10.4. The normalized spacial score (nSPS) is 16.2. The molecule has 104 valence electrons. The van der Waals surface area contributed by atoms with Crippen molar-refractivity contribution in [2.45, 2.75) is 0 Å². The maximum absolute atomic E-state index is 11.7. The quantitative estimate of drug-likeness (QED) is 0.468. The van der Waals surface area contributed by atoms with Gasteiger partial charge in [0.15, 0.2) is 0 Å². The van der Waals surface area contributed by atoms with Gasteiger partial charge in [-0.1, -0.05) is 0 Å². The lowest BCUT2D eigenvalue weighted by Gasteiger charge is -2.26. The van der Waals surface area contributed by atoms with E-state index in [1.165, 1.54) is 18.2 Å². The van der Waals surface area contributed by atoms with Gasteiger partial charge in [-0.3, -0.25) is 4.90 Å². The first-order valence-corrected chi connectivity index (χ1v) is 6.22. The Labute approximate surface area is 111 Å². The van der Waals surface area contributed by atoms with Gasteiger partial charge in [-0.05, 0) is 18.2 Å². The maximum atomic E-state index is 11.7. The standard InChI is InChI=1S/C13H18N2O4/c14-11-9-10(1-2-12(11)16)13(17)19-8-5-15-3-6-18-7-4-15/h1-2,9,16H,3-8,14H2. The van der Waals surface area contributed by atoms with Gasteiger partial charge in [-0.15, -0.1) is 0 Å². The predicted octanol–water partition coefficient (Wildman–Crippen LogP) is 0.463. The first-order valence-electron chi connectivity index (χ1n) is 6.22. The Hall–Kier alpha value is -1.79. The first-order chi connectivity index (χ1) is 9.16. The van der Waals surface area contributed by atoms with Crippen molar-refractivity contribution in [2.24, 2.45) is 0 Å². The van der Waals surface area contributed by atoms with Gasteiger partial charge < -0.3 is 20.3 Å². The van der Waals surface area contributed by atoms with Crippen LogP contribution in [0.3, 0.4) is 0 Å². The molecule has 19 heavy (non-hydrogen) atoms. The molecule has 1 heterocycles. The summed E-state index contributed by atoms with van der Waals surface area (Å²) in [5.74, 6) is -0.468. The Morgan fingerprint density at radius 2 is 2.16 bits per heavy atom. The number of carbonyl (C=O) groups is 1. The number of nitrogens with two attached hydrogens (primary N) is 1. The molecular formula is C13H18N2O4. The van der Waals surface area contributed by atoms with Gasteiger partial charge in [0, 0.05) is 19.6 Å². The summed E-state index contributed by atoms with van der Waals surface area (Å²) in [6.07, 6.45) is 0. The second-order valence-corrected chi connectivity index (χ2v) is 4.36. The third-order valence-corrected chi connectivity index (χ3v) is 3.01. The molecule has 2 rings (SSSR count). The minimum Gasteiger partial charge on any atom is -0.506 e. The van der Waals surface area contributed by atoms with Gasteiger partial charge >= 0.3 is 5.97 Å². The third kappa shape index (κ3) is 3.84. The van der Waals surface area contributed by atoms with Crippen molar-refractivity contribution in [1.82, 2.24) is 4.90 Å².